The summed E-state index contributed by atoms with van der Waals surface area (Å²) >= 11 is 0. The molecule has 0 spiro atoms. The fourth-order valence-corrected chi connectivity index (χ4v) is 2.54. The van der Waals surface area contributed by atoms with Crippen molar-refractivity contribution in [1.82, 2.24) is 14.8 Å². The highest BCUT2D eigenvalue weighted by Crippen LogP contribution is 2.31. The summed E-state index contributed by atoms with van der Waals surface area (Å²) in [4.78, 5) is 0. The average molecular weight is 208 g/mol. The maximum atomic E-state index is 6.16. The van der Waals surface area contributed by atoms with Crippen molar-refractivity contribution in [3.05, 3.63) is 11.6 Å². The normalized spacial score (nSPS) is 26.9. The van der Waals surface area contributed by atoms with Crippen LogP contribution in [0.3, 0.4) is 0 Å². The Labute approximate surface area is 90.9 Å². The monoisotopic (exact) mass is 208 g/mol. The Kier molecular flexibility index (Phi) is 3.05. The van der Waals surface area contributed by atoms with Gasteiger partial charge in [-0.15, -0.1) is 10.2 Å². The fraction of sp³-hybridized carbons (Fsp3) is 0.818. The number of rotatable bonds is 2. The molecule has 84 valence electrons. The number of nitrogens with two attached hydrogens (primary N) is 1. The summed E-state index contributed by atoms with van der Waals surface area (Å²) in [7, 11) is 0. The molecule has 0 aromatic carbocycles. The third-order valence-electron chi connectivity index (χ3n) is 3.43. The van der Waals surface area contributed by atoms with Crippen LogP contribution < -0.4 is 5.73 Å². The second-order valence-electron chi connectivity index (χ2n) is 4.40. The van der Waals surface area contributed by atoms with E-state index >= 15 is 0 Å². The van der Waals surface area contributed by atoms with Crippen molar-refractivity contribution in [1.29, 1.82) is 0 Å². The minimum Gasteiger partial charge on any atom is -0.327 e. The molecule has 4 heteroatoms. The van der Waals surface area contributed by atoms with Gasteiger partial charge in [-0.2, -0.15) is 0 Å². The highest BCUT2D eigenvalue weighted by molar-refractivity contribution is 5.06. The lowest BCUT2D eigenvalue weighted by Gasteiger charge is -2.27. The highest BCUT2D eigenvalue weighted by atomic mass is 15.3. The first-order valence-corrected chi connectivity index (χ1v) is 5.89. The van der Waals surface area contributed by atoms with Crippen LogP contribution in [-0.2, 0) is 6.54 Å². The zero-order valence-corrected chi connectivity index (χ0v) is 9.61. The molecule has 1 saturated carbocycles. The van der Waals surface area contributed by atoms with Crippen LogP contribution in [0.15, 0.2) is 0 Å². The molecular weight excluding hydrogens is 188 g/mol. The number of aromatic nitrogens is 3. The van der Waals surface area contributed by atoms with Crippen molar-refractivity contribution in [2.75, 3.05) is 0 Å². The standard InChI is InChI=1S/C11H20N4/c1-3-15-8(2)13-14-11(15)9-6-4-5-7-10(9)12/h9-10H,3-7,12H2,1-2H3. The number of hydrogen-bond donors (Lipinski definition) is 1. The molecule has 1 aromatic heterocycles. The van der Waals surface area contributed by atoms with Gasteiger partial charge in [-0.3, -0.25) is 0 Å². The van der Waals surface area contributed by atoms with Gasteiger partial charge in [-0.05, 0) is 26.7 Å². The van der Waals surface area contributed by atoms with Crippen molar-refractivity contribution in [2.24, 2.45) is 5.73 Å². The summed E-state index contributed by atoms with van der Waals surface area (Å²) < 4.78 is 2.19. The van der Waals surface area contributed by atoms with Crippen molar-refractivity contribution in [2.45, 2.75) is 58.0 Å². The molecule has 4 nitrogen and oxygen atoms in total. The van der Waals surface area contributed by atoms with E-state index in [0.29, 0.717) is 5.92 Å². The Morgan fingerprint density at radius 3 is 2.73 bits per heavy atom. The molecule has 2 rings (SSSR count). The number of aryl methyl sites for hydroxylation is 1. The quantitative estimate of drug-likeness (QED) is 0.803. The molecule has 0 bridgehead atoms. The molecule has 1 aliphatic carbocycles. The molecular formula is C11H20N4. The molecule has 1 fully saturated rings. The zero-order valence-electron chi connectivity index (χ0n) is 9.61. The summed E-state index contributed by atoms with van der Waals surface area (Å²) in [5.74, 6) is 2.52. The van der Waals surface area contributed by atoms with Crippen LogP contribution in [0, 0.1) is 6.92 Å². The second kappa shape index (κ2) is 4.31. The van der Waals surface area contributed by atoms with E-state index in [1.165, 1.54) is 19.3 Å². The van der Waals surface area contributed by atoms with Crippen molar-refractivity contribution < 1.29 is 0 Å². The van der Waals surface area contributed by atoms with E-state index in [2.05, 4.69) is 21.7 Å². The lowest BCUT2D eigenvalue weighted by Crippen LogP contribution is -2.33. The summed E-state index contributed by atoms with van der Waals surface area (Å²) in [6.45, 7) is 5.08. The van der Waals surface area contributed by atoms with Gasteiger partial charge in [0.25, 0.3) is 0 Å². The smallest absolute Gasteiger partial charge is 0.137 e. The molecule has 2 unspecified atom stereocenters. The molecule has 0 amide bonds. The molecule has 1 heterocycles. The minimum absolute atomic E-state index is 0.271. The molecule has 0 saturated heterocycles. The first kappa shape index (κ1) is 10.6. The average Bonchev–Trinajstić information content (AvgIpc) is 2.60. The second-order valence-corrected chi connectivity index (χ2v) is 4.40. The van der Waals surface area contributed by atoms with E-state index in [4.69, 9.17) is 5.73 Å². The van der Waals surface area contributed by atoms with Crippen LogP contribution in [0.1, 0.15) is 50.2 Å². The van der Waals surface area contributed by atoms with Gasteiger partial charge in [0.15, 0.2) is 0 Å². The van der Waals surface area contributed by atoms with Gasteiger partial charge in [0.1, 0.15) is 11.6 Å². The van der Waals surface area contributed by atoms with E-state index in [-0.39, 0.29) is 6.04 Å². The van der Waals surface area contributed by atoms with E-state index < -0.39 is 0 Å². The highest BCUT2D eigenvalue weighted by Gasteiger charge is 2.27. The molecule has 15 heavy (non-hydrogen) atoms. The largest absolute Gasteiger partial charge is 0.327 e. The van der Waals surface area contributed by atoms with Gasteiger partial charge in [0, 0.05) is 18.5 Å². The molecule has 2 N–H and O–H groups in total. The Morgan fingerprint density at radius 2 is 2.07 bits per heavy atom. The predicted molar refractivity (Wildman–Crippen MR) is 59.6 cm³/mol. The first-order valence-electron chi connectivity index (χ1n) is 5.89. The minimum atomic E-state index is 0.271. The van der Waals surface area contributed by atoms with Crippen molar-refractivity contribution in [3.63, 3.8) is 0 Å². The fourth-order valence-electron chi connectivity index (χ4n) is 2.54. The van der Waals surface area contributed by atoms with Crippen molar-refractivity contribution in [3.8, 4) is 0 Å². The summed E-state index contributed by atoms with van der Waals surface area (Å²) in [6.07, 6.45) is 4.82. The van der Waals surface area contributed by atoms with Crippen LogP contribution in [0.2, 0.25) is 0 Å². The summed E-state index contributed by atoms with van der Waals surface area (Å²) in [5, 5.41) is 8.45. The molecule has 2 atom stereocenters. The Hall–Kier alpha value is -0.900. The Morgan fingerprint density at radius 1 is 1.33 bits per heavy atom. The Bertz CT molecular complexity index is 331. The molecule has 0 aliphatic heterocycles. The lowest BCUT2D eigenvalue weighted by atomic mass is 9.84. The van der Waals surface area contributed by atoms with E-state index in [1.54, 1.807) is 0 Å². The molecule has 1 aliphatic rings. The van der Waals surface area contributed by atoms with Crippen LogP contribution in [0.25, 0.3) is 0 Å². The van der Waals surface area contributed by atoms with Gasteiger partial charge >= 0.3 is 0 Å². The topological polar surface area (TPSA) is 56.7 Å². The maximum absolute atomic E-state index is 6.16. The van der Waals surface area contributed by atoms with Gasteiger partial charge in [0.05, 0.1) is 0 Å². The number of hydrogen-bond acceptors (Lipinski definition) is 3. The molecule has 0 radical (unpaired) electrons. The summed E-state index contributed by atoms with van der Waals surface area (Å²) in [5.41, 5.74) is 6.16. The predicted octanol–water partition coefficient (Wildman–Crippen LogP) is 1.59. The third-order valence-corrected chi connectivity index (χ3v) is 3.43. The third kappa shape index (κ3) is 1.91. The SMILES string of the molecule is CCn1c(C)nnc1C1CCCCC1N. The van der Waals surface area contributed by atoms with Crippen LogP contribution in [0.4, 0.5) is 0 Å². The van der Waals surface area contributed by atoms with Gasteiger partial charge < -0.3 is 10.3 Å². The first-order chi connectivity index (χ1) is 7.24. The Balaban J connectivity index is 2.27. The van der Waals surface area contributed by atoms with E-state index in [9.17, 15) is 0 Å². The van der Waals surface area contributed by atoms with Crippen molar-refractivity contribution >= 4 is 0 Å². The van der Waals surface area contributed by atoms with Gasteiger partial charge in [-0.25, -0.2) is 0 Å². The maximum Gasteiger partial charge on any atom is 0.137 e. The van der Waals surface area contributed by atoms with Crippen LogP contribution in [-0.4, -0.2) is 20.8 Å². The van der Waals surface area contributed by atoms with Crippen LogP contribution >= 0.6 is 0 Å². The summed E-state index contributed by atoms with van der Waals surface area (Å²) in [6, 6.07) is 0.271. The van der Waals surface area contributed by atoms with Gasteiger partial charge in [-0.1, -0.05) is 12.8 Å². The van der Waals surface area contributed by atoms with E-state index in [1.807, 2.05) is 6.92 Å². The van der Waals surface area contributed by atoms with Crippen LogP contribution in [0.5, 0.6) is 0 Å². The van der Waals surface area contributed by atoms with Gasteiger partial charge in [0.2, 0.25) is 0 Å². The lowest BCUT2D eigenvalue weighted by molar-refractivity contribution is 0.363. The molecule has 1 aromatic rings. The zero-order chi connectivity index (χ0) is 10.8. The number of nitrogens with zero attached hydrogens (tertiary/aromatic N) is 3. The van der Waals surface area contributed by atoms with E-state index in [0.717, 1.165) is 24.6 Å².